The van der Waals surface area contributed by atoms with Crippen LogP contribution in [0.5, 0.6) is 0 Å². The number of anilines is 1. The fourth-order valence-electron chi connectivity index (χ4n) is 1.65. The highest BCUT2D eigenvalue weighted by atomic mass is 35.5. The van der Waals surface area contributed by atoms with E-state index in [0.717, 1.165) is 11.1 Å². The van der Waals surface area contributed by atoms with E-state index in [1.807, 2.05) is 13.0 Å². The van der Waals surface area contributed by atoms with Crippen molar-refractivity contribution in [3.05, 3.63) is 58.0 Å². The van der Waals surface area contributed by atoms with Gasteiger partial charge in [0.25, 0.3) is 0 Å². The molecular weight excluding hydrogens is 239 g/mol. The van der Waals surface area contributed by atoms with Crippen LogP contribution in [0.3, 0.4) is 0 Å². The molecular formula is C13H12ClFN2. The van der Waals surface area contributed by atoms with E-state index in [9.17, 15) is 4.39 Å². The van der Waals surface area contributed by atoms with Gasteiger partial charge in [-0.05, 0) is 35.7 Å². The van der Waals surface area contributed by atoms with Crippen molar-refractivity contribution >= 4 is 17.4 Å². The zero-order chi connectivity index (χ0) is 12.4. The van der Waals surface area contributed by atoms with Crippen LogP contribution < -0.4 is 5.73 Å². The van der Waals surface area contributed by atoms with E-state index in [1.54, 1.807) is 18.3 Å². The van der Waals surface area contributed by atoms with Gasteiger partial charge in [-0.2, -0.15) is 0 Å². The van der Waals surface area contributed by atoms with Crippen LogP contribution in [0.1, 0.15) is 16.7 Å². The minimum atomic E-state index is -0.321. The van der Waals surface area contributed by atoms with Crippen LogP contribution >= 0.6 is 11.6 Å². The fraction of sp³-hybridized carbons (Fsp3) is 0.154. The minimum Gasteiger partial charge on any atom is -0.383 e. The average Bonchev–Trinajstić information content (AvgIpc) is 2.27. The summed E-state index contributed by atoms with van der Waals surface area (Å²) in [7, 11) is 0. The summed E-state index contributed by atoms with van der Waals surface area (Å²) >= 11 is 5.70. The molecule has 1 heterocycles. The molecule has 0 saturated heterocycles. The van der Waals surface area contributed by atoms with Gasteiger partial charge < -0.3 is 5.73 Å². The number of rotatable bonds is 2. The third-order valence-electron chi connectivity index (χ3n) is 2.53. The first-order valence-electron chi connectivity index (χ1n) is 5.21. The Kier molecular flexibility index (Phi) is 3.29. The maximum Gasteiger partial charge on any atom is 0.128 e. The maximum absolute atomic E-state index is 13.6. The van der Waals surface area contributed by atoms with Crippen LogP contribution in [-0.2, 0) is 6.42 Å². The standard InChI is InChI=1S/C13H12ClFN2/c1-8-4-10(13(16)17-7-8)5-9-2-3-11(14)6-12(9)15/h2-4,6-7H,5H2,1H3,(H2,16,17). The second kappa shape index (κ2) is 4.72. The first kappa shape index (κ1) is 11.9. The fourth-order valence-corrected chi connectivity index (χ4v) is 1.81. The summed E-state index contributed by atoms with van der Waals surface area (Å²) in [6.07, 6.45) is 2.11. The number of benzene rings is 1. The highest BCUT2D eigenvalue weighted by Gasteiger charge is 2.07. The molecule has 17 heavy (non-hydrogen) atoms. The summed E-state index contributed by atoms with van der Waals surface area (Å²) in [5.74, 6) is 0.114. The van der Waals surface area contributed by atoms with Gasteiger partial charge in [0.2, 0.25) is 0 Å². The van der Waals surface area contributed by atoms with Crippen molar-refractivity contribution in [1.29, 1.82) is 0 Å². The van der Waals surface area contributed by atoms with E-state index in [2.05, 4.69) is 4.98 Å². The maximum atomic E-state index is 13.6. The van der Waals surface area contributed by atoms with E-state index in [-0.39, 0.29) is 5.82 Å². The van der Waals surface area contributed by atoms with Crippen molar-refractivity contribution in [2.75, 3.05) is 5.73 Å². The normalized spacial score (nSPS) is 10.5. The van der Waals surface area contributed by atoms with Gasteiger partial charge in [-0.25, -0.2) is 9.37 Å². The van der Waals surface area contributed by atoms with Gasteiger partial charge in [0.1, 0.15) is 11.6 Å². The largest absolute Gasteiger partial charge is 0.383 e. The number of aryl methyl sites for hydroxylation is 1. The molecule has 0 amide bonds. The summed E-state index contributed by atoms with van der Waals surface area (Å²) in [6.45, 7) is 1.92. The monoisotopic (exact) mass is 250 g/mol. The van der Waals surface area contributed by atoms with Crippen molar-refractivity contribution in [2.24, 2.45) is 0 Å². The lowest BCUT2D eigenvalue weighted by Gasteiger charge is -2.07. The molecule has 0 aliphatic heterocycles. The Morgan fingerprint density at radius 1 is 1.29 bits per heavy atom. The summed E-state index contributed by atoms with van der Waals surface area (Å²) < 4.78 is 13.6. The predicted molar refractivity (Wildman–Crippen MR) is 67.6 cm³/mol. The van der Waals surface area contributed by atoms with Crippen LogP contribution in [0.2, 0.25) is 5.02 Å². The number of hydrogen-bond donors (Lipinski definition) is 1. The molecule has 2 N–H and O–H groups in total. The van der Waals surface area contributed by atoms with Gasteiger partial charge in [0.05, 0.1) is 0 Å². The van der Waals surface area contributed by atoms with Crippen LogP contribution in [0.25, 0.3) is 0 Å². The van der Waals surface area contributed by atoms with Crippen LogP contribution in [-0.4, -0.2) is 4.98 Å². The molecule has 0 fully saturated rings. The second-order valence-electron chi connectivity index (χ2n) is 3.97. The van der Waals surface area contributed by atoms with E-state index < -0.39 is 0 Å². The zero-order valence-corrected chi connectivity index (χ0v) is 10.1. The highest BCUT2D eigenvalue weighted by Crippen LogP contribution is 2.20. The van der Waals surface area contributed by atoms with Crippen molar-refractivity contribution in [2.45, 2.75) is 13.3 Å². The Hall–Kier alpha value is -1.61. The second-order valence-corrected chi connectivity index (χ2v) is 4.41. The number of nitrogens with zero attached hydrogens (tertiary/aromatic N) is 1. The number of nitrogens with two attached hydrogens (primary N) is 1. The quantitative estimate of drug-likeness (QED) is 0.888. The number of halogens is 2. The zero-order valence-electron chi connectivity index (χ0n) is 9.37. The molecule has 2 nitrogen and oxygen atoms in total. The average molecular weight is 251 g/mol. The van der Waals surface area contributed by atoms with Gasteiger partial charge in [0.15, 0.2) is 0 Å². The Bertz CT molecular complexity index is 555. The van der Waals surface area contributed by atoms with Crippen LogP contribution in [0.15, 0.2) is 30.5 Å². The first-order chi connectivity index (χ1) is 8.06. The minimum absolute atomic E-state index is 0.321. The van der Waals surface area contributed by atoms with Gasteiger partial charge in [-0.3, -0.25) is 0 Å². The van der Waals surface area contributed by atoms with E-state index in [1.165, 1.54) is 6.07 Å². The molecule has 2 rings (SSSR count). The van der Waals surface area contributed by atoms with E-state index in [4.69, 9.17) is 17.3 Å². The topological polar surface area (TPSA) is 38.9 Å². The summed E-state index contributed by atoms with van der Waals surface area (Å²) in [5.41, 5.74) is 8.15. The molecule has 1 aromatic heterocycles. The molecule has 1 aromatic carbocycles. The van der Waals surface area contributed by atoms with Crippen molar-refractivity contribution in [3.8, 4) is 0 Å². The Morgan fingerprint density at radius 3 is 2.76 bits per heavy atom. The first-order valence-corrected chi connectivity index (χ1v) is 5.59. The number of aromatic nitrogens is 1. The Balaban J connectivity index is 2.34. The lowest BCUT2D eigenvalue weighted by molar-refractivity contribution is 0.614. The number of hydrogen-bond acceptors (Lipinski definition) is 2. The van der Waals surface area contributed by atoms with E-state index >= 15 is 0 Å². The Labute approximate surface area is 104 Å². The van der Waals surface area contributed by atoms with Gasteiger partial charge in [0, 0.05) is 17.6 Å². The third-order valence-corrected chi connectivity index (χ3v) is 2.77. The number of nitrogen functional groups attached to an aromatic ring is 1. The summed E-state index contributed by atoms with van der Waals surface area (Å²) in [4.78, 5) is 4.05. The molecule has 0 spiro atoms. The van der Waals surface area contributed by atoms with Crippen molar-refractivity contribution in [3.63, 3.8) is 0 Å². The SMILES string of the molecule is Cc1cnc(N)c(Cc2ccc(Cl)cc2F)c1. The molecule has 0 aliphatic rings. The molecule has 0 atom stereocenters. The smallest absolute Gasteiger partial charge is 0.128 e. The predicted octanol–water partition coefficient (Wildman–Crippen LogP) is 3.36. The van der Waals surface area contributed by atoms with Crippen molar-refractivity contribution in [1.82, 2.24) is 4.98 Å². The summed E-state index contributed by atoms with van der Waals surface area (Å²) in [5, 5.41) is 0.390. The lowest BCUT2D eigenvalue weighted by Crippen LogP contribution is -2.00. The molecule has 88 valence electrons. The van der Waals surface area contributed by atoms with Crippen LogP contribution in [0, 0.1) is 12.7 Å². The van der Waals surface area contributed by atoms with Crippen LogP contribution in [0.4, 0.5) is 10.2 Å². The number of pyridine rings is 1. The van der Waals surface area contributed by atoms with Gasteiger partial charge >= 0.3 is 0 Å². The Morgan fingerprint density at radius 2 is 2.06 bits per heavy atom. The molecule has 0 bridgehead atoms. The molecule has 0 saturated carbocycles. The lowest BCUT2D eigenvalue weighted by atomic mass is 10.0. The van der Waals surface area contributed by atoms with E-state index in [0.29, 0.717) is 22.8 Å². The third kappa shape index (κ3) is 2.74. The molecule has 0 radical (unpaired) electrons. The molecule has 2 aromatic rings. The molecule has 0 aliphatic carbocycles. The van der Waals surface area contributed by atoms with Crippen molar-refractivity contribution < 1.29 is 4.39 Å². The summed E-state index contributed by atoms with van der Waals surface area (Å²) in [6, 6.07) is 6.55. The van der Waals surface area contributed by atoms with Gasteiger partial charge in [-0.15, -0.1) is 0 Å². The highest BCUT2D eigenvalue weighted by molar-refractivity contribution is 6.30. The molecule has 0 unspecified atom stereocenters. The van der Waals surface area contributed by atoms with Gasteiger partial charge in [-0.1, -0.05) is 23.7 Å². The molecule has 4 heteroatoms.